The number of hydrogen-bond acceptors (Lipinski definition) is 3. The van der Waals surface area contributed by atoms with E-state index in [9.17, 15) is 4.79 Å². The Labute approximate surface area is 64.9 Å². The van der Waals surface area contributed by atoms with E-state index in [0.717, 1.165) is 5.16 Å². The van der Waals surface area contributed by atoms with Crippen molar-refractivity contribution in [2.24, 2.45) is 0 Å². The van der Waals surface area contributed by atoms with E-state index in [1.165, 1.54) is 19.2 Å². The van der Waals surface area contributed by atoms with E-state index in [1.807, 2.05) is 0 Å². The predicted molar refractivity (Wildman–Crippen MR) is 40.3 cm³/mol. The summed E-state index contributed by atoms with van der Waals surface area (Å²) >= 11 is 1.48. The zero-order valence-electron chi connectivity index (χ0n) is 6.57. The first-order chi connectivity index (χ1) is 5.38. The van der Waals surface area contributed by atoms with Gasteiger partial charge in [0.2, 0.25) is 5.91 Å². The topological polar surface area (TPSA) is 34.9 Å². The summed E-state index contributed by atoms with van der Waals surface area (Å²) in [5.74, 6) is 0.677. The molecule has 10 heavy (non-hydrogen) atoms. The lowest BCUT2D eigenvalue weighted by Gasteiger charge is -1.85. The van der Waals surface area contributed by atoms with Gasteiger partial charge in [-0.3, -0.25) is 9.36 Å². The number of aromatic nitrogens is 2. The first-order valence-corrected chi connectivity index (χ1v) is 3.56. The molecule has 3 nitrogen and oxygen atoms in total. The second-order valence-corrected chi connectivity index (χ2v) is 2.70. The van der Waals surface area contributed by atoms with Gasteiger partial charge >= 0.3 is 0 Å². The molecule has 0 spiro atoms. The molecule has 0 aromatic carbocycles. The lowest BCUT2D eigenvalue weighted by atomic mass is 10.7. The fourth-order valence-electron chi connectivity index (χ4n) is 0.782. The third-order valence-electron chi connectivity index (χ3n) is 1.20. The van der Waals surface area contributed by atoms with Crippen LogP contribution < -0.4 is 0 Å². The van der Waals surface area contributed by atoms with Gasteiger partial charge in [-0.25, -0.2) is 4.98 Å². The largest absolute Gasteiger partial charge is 0.273 e. The van der Waals surface area contributed by atoms with E-state index in [-0.39, 0.29) is 5.91 Å². The number of rotatable bonds is 0. The lowest BCUT2D eigenvalue weighted by molar-refractivity contribution is 0.0939. The molecule has 0 fully saturated rings. The minimum absolute atomic E-state index is 0.132. The molecule has 2 heterocycles. The molecule has 1 aliphatic rings. The van der Waals surface area contributed by atoms with Crippen molar-refractivity contribution in [1.29, 1.82) is 0 Å². The number of nitrogens with zero attached hydrogens (tertiary/aromatic N) is 2. The fraction of sp³-hybridized carbons (Fsp3) is 0.333. The van der Waals surface area contributed by atoms with Crippen molar-refractivity contribution < 1.29 is 6.17 Å². The van der Waals surface area contributed by atoms with Crippen molar-refractivity contribution in [3.63, 3.8) is 0 Å². The maximum Gasteiger partial charge on any atom is 0.243 e. The Hall–Kier alpha value is -0.770. The standard InChI is InChI=1S/C5H4N2OS.CH4/c8-4-3-9-5-6-1-2-7(4)5;/h1-2H,3H2;1H4/i;1D. The summed E-state index contributed by atoms with van der Waals surface area (Å²) in [5, 5.41) is 0.819. The molecule has 0 radical (unpaired) electrons. The molecule has 1 aromatic rings. The monoisotopic (exact) mass is 157 g/mol. The van der Waals surface area contributed by atoms with Gasteiger partial charge in [-0.05, 0) is 0 Å². The summed E-state index contributed by atoms with van der Waals surface area (Å²) in [4.78, 5) is 14.8. The van der Waals surface area contributed by atoms with Gasteiger partial charge in [0, 0.05) is 13.8 Å². The van der Waals surface area contributed by atoms with Crippen LogP contribution in [0.15, 0.2) is 17.6 Å². The van der Waals surface area contributed by atoms with Crippen LogP contribution in [-0.4, -0.2) is 21.2 Å². The number of carbonyl (C=O) groups is 1. The molecule has 2 rings (SSSR count). The molecule has 1 aliphatic heterocycles. The Morgan fingerprint density at radius 2 is 2.70 bits per heavy atom. The third-order valence-corrected chi connectivity index (χ3v) is 2.15. The van der Waals surface area contributed by atoms with Gasteiger partial charge in [0.25, 0.3) is 0 Å². The van der Waals surface area contributed by atoms with Gasteiger partial charge < -0.3 is 0 Å². The molecular weight excluding hydrogens is 148 g/mol. The van der Waals surface area contributed by atoms with E-state index in [4.69, 9.17) is 1.37 Å². The van der Waals surface area contributed by atoms with Crippen LogP contribution in [0.5, 0.6) is 0 Å². The van der Waals surface area contributed by atoms with Crippen LogP contribution >= 0.6 is 11.8 Å². The van der Waals surface area contributed by atoms with Gasteiger partial charge in [-0.2, -0.15) is 0 Å². The fourth-order valence-corrected chi connectivity index (χ4v) is 1.61. The smallest absolute Gasteiger partial charge is 0.243 e. The van der Waals surface area contributed by atoms with E-state index < -0.39 is 0 Å². The molecular formula is C6H8N2OS. The molecule has 0 bridgehead atoms. The first kappa shape index (κ1) is 5.97. The molecule has 0 unspecified atom stereocenters. The average Bonchev–Trinajstić information content (AvgIpc) is 2.60. The van der Waals surface area contributed by atoms with E-state index in [2.05, 4.69) is 4.98 Å². The Morgan fingerprint density at radius 1 is 1.90 bits per heavy atom. The van der Waals surface area contributed by atoms with Crippen molar-refractivity contribution >= 4 is 17.7 Å². The van der Waals surface area contributed by atoms with Crippen molar-refractivity contribution in [3.05, 3.63) is 12.4 Å². The number of imidazole rings is 1. The lowest BCUT2D eigenvalue weighted by Crippen LogP contribution is -2.04. The zero-order valence-corrected chi connectivity index (χ0v) is 6.39. The Bertz CT molecular complexity index is 261. The van der Waals surface area contributed by atoms with Crippen LogP contribution in [0.1, 0.15) is 13.6 Å². The Kier molecular flexibility index (Phi) is 1.47. The van der Waals surface area contributed by atoms with Gasteiger partial charge in [0.05, 0.1) is 5.75 Å². The molecule has 0 saturated carbocycles. The SMILES string of the molecule is O=C1CSc2nccn21.[2H]C. The summed E-state index contributed by atoms with van der Waals surface area (Å²) in [6, 6.07) is 0. The number of hydrogen-bond donors (Lipinski definition) is 0. The number of thioether (sulfide) groups is 1. The highest BCUT2D eigenvalue weighted by Gasteiger charge is 2.18. The van der Waals surface area contributed by atoms with E-state index in [0.29, 0.717) is 5.75 Å². The van der Waals surface area contributed by atoms with Crippen LogP contribution in [0.25, 0.3) is 0 Å². The van der Waals surface area contributed by atoms with E-state index >= 15 is 0 Å². The molecule has 0 aliphatic carbocycles. The van der Waals surface area contributed by atoms with Gasteiger partial charge in [0.1, 0.15) is 0 Å². The van der Waals surface area contributed by atoms with Crippen LogP contribution in [0.4, 0.5) is 0 Å². The van der Waals surface area contributed by atoms with Crippen LogP contribution in [0.2, 0.25) is 0 Å². The number of carbonyl (C=O) groups excluding carboxylic acids is 1. The van der Waals surface area contributed by atoms with Gasteiger partial charge in [-0.1, -0.05) is 19.2 Å². The van der Waals surface area contributed by atoms with Gasteiger partial charge in [0.15, 0.2) is 5.16 Å². The molecule has 0 N–H and O–H groups in total. The maximum absolute atomic E-state index is 10.8. The Morgan fingerprint density at radius 3 is 3.40 bits per heavy atom. The molecule has 4 heteroatoms. The van der Waals surface area contributed by atoms with Crippen LogP contribution in [-0.2, 0) is 0 Å². The summed E-state index contributed by atoms with van der Waals surface area (Å²) in [6.45, 7) is 0. The Balaban J connectivity index is 0.000000281. The highest BCUT2D eigenvalue weighted by molar-refractivity contribution is 8.00. The third kappa shape index (κ3) is 0.844. The average molecular weight is 157 g/mol. The van der Waals surface area contributed by atoms with Gasteiger partial charge in [-0.15, -0.1) is 0 Å². The quantitative estimate of drug-likeness (QED) is 0.568. The molecule has 54 valence electrons. The van der Waals surface area contributed by atoms with Crippen LogP contribution in [0, 0.1) is 0 Å². The molecule has 0 amide bonds. The second-order valence-electron chi connectivity index (χ2n) is 1.76. The summed E-state index contributed by atoms with van der Waals surface area (Å²) < 4.78 is 7.32. The zero-order chi connectivity index (χ0) is 8.27. The van der Waals surface area contributed by atoms with Crippen molar-refractivity contribution in [2.45, 2.75) is 12.6 Å². The summed E-state index contributed by atoms with van der Waals surface area (Å²) in [6.07, 6.45) is 3.33. The highest BCUT2D eigenvalue weighted by Crippen LogP contribution is 2.22. The minimum Gasteiger partial charge on any atom is -0.273 e. The predicted octanol–water partition coefficient (Wildman–Crippen LogP) is 1.27. The molecule has 0 atom stereocenters. The molecule has 0 saturated heterocycles. The van der Waals surface area contributed by atoms with E-state index in [1.54, 1.807) is 17.0 Å². The first-order valence-electron chi connectivity index (χ1n) is 3.57. The van der Waals surface area contributed by atoms with Crippen molar-refractivity contribution in [1.82, 2.24) is 9.55 Å². The molecule has 1 aromatic heterocycles. The second kappa shape index (κ2) is 2.46. The van der Waals surface area contributed by atoms with Crippen molar-refractivity contribution in [2.75, 3.05) is 5.75 Å². The van der Waals surface area contributed by atoms with Crippen molar-refractivity contribution in [3.8, 4) is 0 Å². The minimum atomic E-state index is 0.132. The normalized spacial score (nSPS) is 15.3. The maximum atomic E-state index is 10.8. The number of fused-ring (bicyclic) bond motifs is 1. The summed E-state index contributed by atoms with van der Waals surface area (Å²) in [5.41, 5.74) is 0. The highest BCUT2D eigenvalue weighted by atomic mass is 32.2. The van der Waals surface area contributed by atoms with Crippen LogP contribution in [0.3, 0.4) is 0 Å². The summed E-state index contributed by atoms with van der Waals surface area (Å²) in [7, 11) is 1.25.